The molecule has 2 unspecified atom stereocenters. The minimum atomic E-state index is 0.185. The second-order valence-electron chi connectivity index (χ2n) is 6.82. The van der Waals surface area contributed by atoms with Gasteiger partial charge in [-0.1, -0.05) is 6.07 Å². The van der Waals surface area contributed by atoms with Crippen LogP contribution < -0.4 is 16.2 Å². The van der Waals surface area contributed by atoms with Crippen LogP contribution in [0, 0.1) is 0 Å². The summed E-state index contributed by atoms with van der Waals surface area (Å²) >= 11 is 6.01. The lowest BCUT2D eigenvalue weighted by atomic mass is 9.95. The van der Waals surface area contributed by atoms with E-state index >= 15 is 0 Å². The number of halogens is 1. The summed E-state index contributed by atoms with van der Waals surface area (Å²) in [6, 6.07) is 8.64. The molecular weight excluding hydrogens is 350 g/mol. The molecule has 1 aliphatic carbocycles. The molecule has 1 aromatic carbocycles. The van der Waals surface area contributed by atoms with E-state index in [1.165, 1.54) is 5.56 Å². The molecule has 1 fully saturated rings. The highest BCUT2D eigenvalue weighted by molar-refractivity contribution is 6.28. The molecule has 0 saturated heterocycles. The Bertz CT molecular complexity index is 932. The van der Waals surface area contributed by atoms with Gasteiger partial charge in [0.05, 0.1) is 12.5 Å². The van der Waals surface area contributed by atoms with Crippen LogP contribution in [0.5, 0.6) is 5.75 Å². The average molecular weight is 372 g/mol. The lowest BCUT2D eigenvalue weighted by Crippen LogP contribution is -2.06. The molecule has 1 aliphatic rings. The Balaban J connectivity index is 1.64. The normalized spacial score (nSPS) is 20.0. The highest BCUT2D eigenvalue weighted by Gasteiger charge is 2.29. The Labute approximate surface area is 157 Å². The number of rotatable bonds is 4. The van der Waals surface area contributed by atoms with E-state index in [0.717, 1.165) is 41.6 Å². The number of nitrogens with two attached hydrogens (primary N) is 2. The molecule has 26 heavy (non-hydrogen) atoms. The van der Waals surface area contributed by atoms with Crippen LogP contribution in [0.15, 0.2) is 30.5 Å². The molecule has 0 aliphatic heterocycles. The molecule has 2 atom stereocenters. The molecule has 4 rings (SSSR count). The number of nitrogens with zero attached hydrogens (tertiary/aromatic N) is 3. The van der Waals surface area contributed by atoms with Crippen molar-refractivity contribution in [1.82, 2.24) is 14.5 Å². The second kappa shape index (κ2) is 6.78. The molecule has 0 spiro atoms. The number of methoxy groups -OCH3 is 1. The van der Waals surface area contributed by atoms with Crippen LogP contribution >= 0.6 is 11.6 Å². The van der Waals surface area contributed by atoms with Gasteiger partial charge in [-0.3, -0.25) is 0 Å². The van der Waals surface area contributed by atoms with Crippen molar-refractivity contribution in [1.29, 1.82) is 0 Å². The van der Waals surface area contributed by atoms with E-state index < -0.39 is 0 Å². The van der Waals surface area contributed by atoms with E-state index in [1.807, 2.05) is 18.3 Å². The molecule has 2 aromatic heterocycles. The quantitative estimate of drug-likeness (QED) is 0.683. The lowest BCUT2D eigenvalue weighted by molar-refractivity contribution is 0.413. The number of hydrogen-bond acceptors (Lipinski definition) is 5. The Kier molecular flexibility index (Phi) is 4.46. The summed E-state index contributed by atoms with van der Waals surface area (Å²) in [7, 11) is 1.69. The molecule has 3 aromatic rings. The predicted octanol–water partition coefficient (Wildman–Crippen LogP) is 3.64. The average Bonchev–Trinajstić information content (AvgIpc) is 3.28. The van der Waals surface area contributed by atoms with Crippen molar-refractivity contribution >= 4 is 28.5 Å². The first-order chi connectivity index (χ1) is 12.6. The Morgan fingerprint density at radius 1 is 1.27 bits per heavy atom. The van der Waals surface area contributed by atoms with Gasteiger partial charge in [0.2, 0.25) is 5.28 Å². The molecular formula is C19H22ClN5O. The maximum atomic E-state index is 6.01. The SMILES string of the molecule is COc1cc(CN)cc(C2CCC(n3ccc4c(N)nc(Cl)nc43)C2)c1. The van der Waals surface area contributed by atoms with Crippen molar-refractivity contribution in [2.24, 2.45) is 5.73 Å². The zero-order chi connectivity index (χ0) is 18.3. The summed E-state index contributed by atoms with van der Waals surface area (Å²) in [6.45, 7) is 0.511. The van der Waals surface area contributed by atoms with E-state index in [4.69, 9.17) is 27.8 Å². The maximum absolute atomic E-state index is 6.01. The van der Waals surface area contributed by atoms with Gasteiger partial charge in [0.25, 0.3) is 0 Å². The van der Waals surface area contributed by atoms with Crippen LogP contribution in [0.2, 0.25) is 5.28 Å². The van der Waals surface area contributed by atoms with Gasteiger partial charge in [-0.25, -0.2) is 4.98 Å². The summed E-state index contributed by atoms with van der Waals surface area (Å²) in [6.07, 6.45) is 5.25. The van der Waals surface area contributed by atoms with Crippen molar-refractivity contribution in [2.45, 2.75) is 37.8 Å². The van der Waals surface area contributed by atoms with Crippen molar-refractivity contribution < 1.29 is 4.74 Å². The third kappa shape index (κ3) is 2.99. The third-order valence-electron chi connectivity index (χ3n) is 5.30. The first-order valence-electron chi connectivity index (χ1n) is 8.76. The largest absolute Gasteiger partial charge is 0.497 e. The van der Waals surface area contributed by atoms with E-state index in [9.17, 15) is 0 Å². The molecule has 136 valence electrons. The number of ether oxygens (including phenoxy) is 1. The maximum Gasteiger partial charge on any atom is 0.226 e. The molecule has 4 N–H and O–H groups in total. The fourth-order valence-corrected chi connectivity index (χ4v) is 4.17. The number of hydrogen-bond donors (Lipinski definition) is 2. The van der Waals surface area contributed by atoms with Gasteiger partial charge in [-0.05, 0) is 66.1 Å². The second-order valence-corrected chi connectivity index (χ2v) is 7.16. The number of benzene rings is 1. The van der Waals surface area contributed by atoms with E-state index in [0.29, 0.717) is 24.3 Å². The van der Waals surface area contributed by atoms with Gasteiger partial charge in [0.1, 0.15) is 17.2 Å². The van der Waals surface area contributed by atoms with Crippen LogP contribution in [-0.2, 0) is 6.54 Å². The van der Waals surface area contributed by atoms with E-state index in [-0.39, 0.29) is 5.28 Å². The Morgan fingerprint density at radius 2 is 2.12 bits per heavy atom. The first kappa shape index (κ1) is 17.1. The molecule has 7 heteroatoms. The van der Waals surface area contributed by atoms with Gasteiger partial charge in [0, 0.05) is 18.8 Å². The van der Waals surface area contributed by atoms with Crippen LogP contribution in [-0.4, -0.2) is 21.6 Å². The van der Waals surface area contributed by atoms with Crippen LogP contribution in [0.1, 0.15) is 42.3 Å². The van der Waals surface area contributed by atoms with Crippen molar-refractivity contribution in [3.8, 4) is 5.75 Å². The first-order valence-corrected chi connectivity index (χ1v) is 9.14. The fraction of sp³-hybridized carbons (Fsp3) is 0.368. The Hall–Kier alpha value is -2.31. The van der Waals surface area contributed by atoms with Gasteiger partial charge >= 0.3 is 0 Å². The summed E-state index contributed by atoms with van der Waals surface area (Å²) in [4.78, 5) is 8.43. The lowest BCUT2D eigenvalue weighted by Gasteiger charge is -2.16. The van der Waals surface area contributed by atoms with Crippen molar-refractivity contribution in [3.63, 3.8) is 0 Å². The molecule has 2 heterocycles. The number of fused-ring (bicyclic) bond motifs is 1. The third-order valence-corrected chi connectivity index (χ3v) is 5.47. The van der Waals surface area contributed by atoms with Crippen molar-refractivity contribution in [2.75, 3.05) is 12.8 Å². The fourth-order valence-electron chi connectivity index (χ4n) is 3.99. The minimum absolute atomic E-state index is 0.185. The van der Waals surface area contributed by atoms with E-state index in [1.54, 1.807) is 7.11 Å². The smallest absolute Gasteiger partial charge is 0.226 e. The minimum Gasteiger partial charge on any atom is -0.497 e. The summed E-state index contributed by atoms with van der Waals surface area (Å²) in [5.74, 6) is 1.76. The van der Waals surface area contributed by atoms with Gasteiger partial charge in [0.15, 0.2) is 0 Å². The predicted molar refractivity (Wildman–Crippen MR) is 103 cm³/mol. The molecule has 6 nitrogen and oxygen atoms in total. The molecule has 0 radical (unpaired) electrons. The highest BCUT2D eigenvalue weighted by Crippen LogP contribution is 2.43. The van der Waals surface area contributed by atoms with Gasteiger partial charge < -0.3 is 20.8 Å². The summed E-state index contributed by atoms with van der Waals surface area (Å²) in [5.41, 5.74) is 15.0. The number of anilines is 1. The topological polar surface area (TPSA) is 92.0 Å². The van der Waals surface area contributed by atoms with Gasteiger partial charge in [-0.2, -0.15) is 4.98 Å². The molecule has 0 bridgehead atoms. The van der Waals surface area contributed by atoms with Crippen molar-refractivity contribution in [3.05, 3.63) is 46.9 Å². The number of nitrogen functional groups attached to an aromatic ring is 1. The van der Waals surface area contributed by atoms with Crippen LogP contribution in [0.25, 0.3) is 11.0 Å². The van der Waals surface area contributed by atoms with Crippen LogP contribution in [0.3, 0.4) is 0 Å². The van der Waals surface area contributed by atoms with Gasteiger partial charge in [-0.15, -0.1) is 0 Å². The monoisotopic (exact) mass is 371 g/mol. The standard InChI is InChI=1S/C19H22ClN5O/c1-26-15-7-11(10-21)6-13(9-15)12-2-3-14(8-12)25-5-4-16-17(22)23-19(20)24-18(16)25/h4-7,9,12,14H,2-3,8,10,21H2,1H3,(H2,22,23,24). The molecule has 0 amide bonds. The zero-order valence-electron chi connectivity index (χ0n) is 14.7. The summed E-state index contributed by atoms with van der Waals surface area (Å²) in [5, 5.41) is 1.04. The van der Waals surface area contributed by atoms with E-state index in [2.05, 4.69) is 26.7 Å². The highest BCUT2D eigenvalue weighted by atomic mass is 35.5. The zero-order valence-corrected chi connectivity index (χ0v) is 15.4. The summed E-state index contributed by atoms with van der Waals surface area (Å²) < 4.78 is 7.62. The van der Waals surface area contributed by atoms with Crippen LogP contribution in [0.4, 0.5) is 5.82 Å². The number of aromatic nitrogens is 3. The molecule has 1 saturated carbocycles. The Morgan fingerprint density at radius 3 is 2.88 bits per heavy atom.